The summed E-state index contributed by atoms with van der Waals surface area (Å²) in [5.41, 5.74) is 0.216. The first-order valence-electron chi connectivity index (χ1n) is 11.8. The van der Waals surface area contributed by atoms with Crippen LogP contribution in [0.5, 0.6) is 11.5 Å². The molecule has 0 aliphatic carbocycles. The van der Waals surface area contributed by atoms with Crippen LogP contribution in [0.3, 0.4) is 0 Å². The minimum absolute atomic E-state index is 0.0309. The minimum atomic E-state index is -0.813. The van der Waals surface area contributed by atoms with Crippen molar-refractivity contribution in [1.29, 1.82) is 0 Å². The number of nitrogens with one attached hydrogen (secondary N) is 1. The van der Waals surface area contributed by atoms with Crippen LogP contribution in [-0.2, 0) is 16.1 Å². The van der Waals surface area contributed by atoms with Crippen LogP contribution in [0.1, 0.15) is 32.8 Å². The van der Waals surface area contributed by atoms with E-state index in [9.17, 15) is 4.79 Å². The van der Waals surface area contributed by atoms with Gasteiger partial charge in [0.1, 0.15) is 23.6 Å². The van der Waals surface area contributed by atoms with Crippen molar-refractivity contribution in [3.8, 4) is 11.5 Å². The third kappa shape index (κ3) is 4.07. The Labute approximate surface area is 203 Å². The SMILES string of the molecule is CCOC(=O)C1(NCc2ccc3c(c2)OCCO3)CCN(c2ncc3ccsc3n2)C(C)C1C. The Morgan fingerprint density at radius 3 is 2.91 bits per heavy atom. The molecule has 180 valence electrons. The highest BCUT2D eigenvalue weighted by Gasteiger charge is 2.51. The Morgan fingerprint density at radius 2 is 2.09 bits per heavy atom. The molecule has 34 heavy (non-hydrogen) atoms. The number of rotatable bonds is 6. The summed E-state index contributed by atoms with van der Waals surface area (Å²) in [5, 5.41) is 6.66. The van der Waals surface area contributed by atoms with Gasteiger partial charge in [0.15, 0.2) is 11.5 Å². The van der Waals surface area contributed by atoms with Crippen molar-refractivity contribution < 1.29 is 19.0 Å². The molecule has 1 fully saturated rings. The Morgan fingerprint density at radius 1 is 1.26 bits per heavy atom. The highest BCUT2D eigenvalue weighted by Crippen LogP contribution is 2.37. The fraction of sp³-hybridized carbons (Fsp3) is 0.480. The van der Waals surface area contributed by atoms with Gasteiger partial charge in [-0.25, -0.2) is 9.97 Å². The van der Waals surface area contributed by atoms with E-state index in [-0.39, 0.29) is 17.9 Å². The van der Waals surface area contributed by atoms with Crippen molar-refractivity contribution >= 4 is 33.5 Å². The molecule has 3 unspecified atom stereocenters. The lowest BCUT2D eigenvalue weighted by molar-refractivity contribution is -0.155. The number of carbonyl (C=O) groups excluding carboxylic acids is 1. The first-order valence-corrected chi connectivity index (χ1v) is 12.7. The Balaban J connectivity index is 1.38. The van der Waals surface area contributed by atoms with Gasteiger partial charge >= 0.3 is 5.97 Å². The Bertz CT molecular complexity index is 1180. The number of aromatic nitrogens is 2. The van der Waals surface area contributed by atoms with Crippen LogP contribution in [0.25, 0.3) is 10.2 Å². The molecular weight excluding hydrogens is 452 g/mol. The number of hydrogen-bond acceptors (Lipinski definition) is 9. The lowest BCUT2D eigenvalue weighted by Crippen LogP contribution is -2.66. The first-order chi connectivity index (χ1) is 16.5. The maximum absolute atomic E-state index is 13.3. The third-order valence-corrected chi connectivity index (χ3v) is 7.87. The van der Waals surface area contributed by atoms with Crippen molar-refractivity contribution in [2.24, 2.45) is 5.92 Å². The van der Waals surface area contributed by atoms with E-state index in [0.29, 0.717) is 45.3 Å². The average molecular weight is 483 g/mol. The summed E-state index contributed by atoms with van der Waals surface area (Å²) < 4.78 is 16.9. The molecule has 0 radical (unpaired) electrons. The van der Waals surface area contributed by atoms with Gasteiger partial charge in [-0.05, 0) is 49.4 Å². The molecule has 8 nitrogen and oxygen atoms in total. The van der Waals surface area contributed by atoms with Crippen molar-refractivity contribution in [1.82, 2.24) is 15.3 Å². The van der Waals surface area contributed by atoms with Gasteiger partial charge in [0.2, 0.25) is 5.95 Å². The zero-order chi connectivity index (χ0) is 23.7. The van der Waals surface area contributed by atoms with Gasteiger partial charge < -0.3 is 19.1 Å². The Kier molecular flexibility index (Phi) is 6.31. The summed E-state index contributed by atoms with van der Waals surface area (Å²) in [6, 6.07) is 7.97. The topological polar surface area (TPSA) is 85.8 Å². The predicted octanol–water partition coefficient (Wildman–Crippen LogP) is 3.79. The van der Waals surface area contributed by atoms with Crippen LogP contribution in [0, 0.1) is 5.92 Å². The maximum atomic E-state index is 13.3. The second-order valence-electron chi connectivity index (χ2n) is 8.85. The Hall–Kier alpha value is -2.91. The molecule has 9 heteroatoms. The number of nitrogens with zero attached hydrogens (tertiary/aromatic N) is 3. The van der Waals surface area contributed by atoms with Gasteiger partial charge in [-0.2, -0.15) is 0 Å². The number of hydrogen-bond donors (Lipinski definition) is 1. The quantitative estimate of drug-likeness (QED) is 0.531. The van der Waals surface area contributed by atoms with E-state index < -0.39 is 5.54 Å². The van der Waals surface area contributed by atoms with Crippen molar-refractivity contribution in [2.45, 2.75) is 45.3 Å². The molecule has 2 aliphatic heterocycles. The molecule has 0 amide bonds. The summed E-state index contributed by atoms with van der Waals surface area (Å²) in [6.45, 7) is 8.69. The van der Waals surface area contributed by atoms with Crippen LogP contribution in [0.4, 0.5) is 5.95 Å². The first kappa shape index (κ1) is 22.9. The third-order valence-electron chi connectivity index (χ3n) is 7.05. The smallest absolute Gasteiger partial charge is 0.326 e. The zero-order valence-electron chi connectivity index (χ0n) is 19.7. The van der Waals surface area contributed by atoms with Gasteiger partial charge in [-0.1, -0.05) is 13.0 Å². The minimum Gasteiger partial charge on any atom is -0.486 e. The second-order valence-corrected chi connectivity index (χ2v) is 9.74. The largest absolute Gasteiger partial charge is 0.486 e. The number of thiophene rings is 1. The molecule has 1 aromatic carbocycles. The summed E-state index contributed by atoms with van der Waals surface area (Å²) >= 11 is 1.61. The fourth-order valence-electron chi connectivity index (χ4n) is 4.90. The van der Waals surface area contributed by atoms with E-state index in [1.807, 2.05) is 42.8 Å². The monoisotopic (exact) mass is 482 g/mol. The van der Waals surface area contributed by atoms with Gasteiger partial charge in [-0.3, -0.25) is 10.1 Å². The van der Waals surface area contributed by atoms with Crippen LogP contribution in [-0.4, -0.2) is 53.9 Å². The summed E-state index contributed by atoms with van der Waals surface area (Å²) in [5.74, 6) is 1.96. The van der Waals surface area contributed by atoms with E-state index in [0.717, 1.165) is 27.3 Å². The highest BCUT2D eigenvalue weighted by atomic mass is 32.1. The number of benzene rings is 1. The fourth-order valence-corrected chi connectivity index (χ4v) is 5.64. The van der Waals surface area contributed by atoms with Gasteiger partial charge in [0, 0.05) is 36.6 Å². The van der Waals surface area contributed by atoms with Crippen molar-refractivity contribution in [3.63, 3.8) is 0 Å². The summed E-state index contributed by atoms with van der Waals surface area (Å²) in [4.78, 5) is 25.9. The van der Waals surface area contributed by atoms with E-state index in [4.69, 9.17) is 19.2 Å². The molecule has 2 aromatic heterocycles. The maximum Gasteiger partial charge on any atom is 0.326 e. The molecule has 0 saturated carbocycles. The van der Waals surface area contributed by atoms with E-state index in [2.05, 4.69) is 29.0 Å². The molecule has 0 spiro atoms. The number of anilines is 1. The lowest BCUT2D eigenvalue weighted by Gasteiger charge is -2.49. The zero-order valence-corrected chi connectivity index (χ0v) is 20.6. The molecule has 2 aliphatic rings. The number of fused-ring (bicyclic) bond motifs is 2. The van der Waals surface area contributed by atoms with Crippen LogP contribution in [0.2, 0.25) is 0 Å². The van der Waals surface area contributed by atoms with Gasteiger partial charge in [-0.15, -0.1) is 11.3 Å². The molecule has 3 atom stereocenters. The van der Waals surface area contributed by atoms with Gasteiger partial charge in [0.05, 0.1) is 6.61 Å². The van der Waals surface area contributed by atoms with Crippen LogP contribution >= 0.6 is 11.3 Å². The van der Waals surface area contributed by atoms with Crippen molar-refractivity contribution in [2.75, 3.05) is 31.3 Å². The van der Waals surface area contributed by atoms with Crippen LogP contribution < -0.4 is 19.7 Å². The van der Waals surface area contributed by atoms with E-state index in [1.54, 1.807) is 11.3 Å². The highest BCUT2D eigenvalue weighted by molar-refractivity contribution is 7.16. The second kappa shape index (κ2) is 9.38. The summed E-state index contributed by atoms with van der Waals surface area (Å²) in [6.07, 6.45) is 2.46. The normalized spacial score (nSPS) is 24.3. The number of piperidine rings is 1. The van der Waals surface area contributed by atoms with Gasteiger partial charge in [0.25, 0.3) is 0 Å². The number of carbonyl (C=O) groups is 1. The average Bonchev–Trinajstić information content (AvgIpc) is 3.33. The standard InChI is InChI=1S/C25H30N4O4S/c1-4-31-23(30)25(27-14-18-5-6-20-21(13-18)33-11-10-32-20)8-9-29(17(3)16(25)2)24-26-15-19-7-12-34-22(19)28-24/h5-7,12-13,15-17,27H,4,8-11,14H2,1-3H3. The molecule has 0 bridgehead atoms. The molecule has 3 aromatic rings. The molecule has 4 heterocycles. The lowest BCUT2D eigenvalue weighted by atomic mass is 9.74. The van der Waals surface area contributed by atoms with E-state index >= 15 is 0 Å². The molecule has 1 N–H and O–H groups in total. The molecule has 1 saturated heterocycles. The molecule has 5 rings (SSSR count). The number of ether oxygens (including phenoxy) is 3. The van der Waals surface area contributed by atoms with Crippen molar-refractivity contribution in [3.05, 3.63) is 41.4 Å². The molecular formula is C25H30N4O4S. The summed E-state index contributed by atoms with van der Waals surface area (Å²) in [7, 11) is 0. The number of esters is 1. The van der Waals surface area contributed by atoms with E-state index in [1.165, 1.54) is 0 Å². The van der Waals surface area contributed by atoms with Crippen LogP contribution in [0.15, 0.2) is 35.8 Å². The predicted molar refractivity (Wildman–Crippen MR) is 132 cm³/mol.